The summed E-state index contributed by atoms with van der Waals surface area (Å²) >= 11 is 0. The number of hydrogen-bond donors (Lipinski definition) is 2. The molecule has 1 aliphatic carbocycles. The predicted octanol–water partition coefficient (Wildman–Crippen LogP) is 2.58. The number of piperidine rings is 1. The van der Waals surface area contributed by atoms with Gasteiger partial charge in [-0.05, 0) is 57.8 Å². The molecule has 0 bridgehead atoms. The number of amides is 1. The Morgan fingerprint density at radius 3 is 2.71 bits per heavy atom. The van der Waals surface area contributed by atoms with Crippen LogP contribution < -0.4 is 0 Å². The Morgan fingerprint density at radius 1 is 1.21 bits per heavy atom. The van der Waals surface area contributed by atoms with Crippen LogP contribution in [0.25, 0.3) is 0 Å². The van der Waals surface area contributed by atoms with Gasteiger partial charge in [-0.2, -0.15) is 0 Å². The molecular weight excluding hydrogens is 306 g/mol. The summed E-state index contributed by atoms with van der Waals surface area (Å²) in [5.41, 5.74) is 0. The summed E-state index contributed by atoms with van der Waals surface area (Å²) in [7, 11) is 0. The van der Waals surface area contributed by atoms with E-state index >= 15 is 0 Å². The second kappa shape index (κ2) is 8.15. The third-order valence-corrected chi connectivity index (χ3v) is 6.06. The van der Waals surface area contributed by atoms with Gasteiger partial charge < -0.3 is 19.8 Å². The van der Waals surface area contributed by atoms with Crippen LogP contribution in [-0.4, -0.2) is 51.6 Å². The average Bonchev–Trinajstić information content (AvgIpc) is 3.32. The molecule has 3 fully saturated rings. The molecular formula is C19H33NO4. The van der Waals surface area contributed by atoms with Gasteiger partial charge >= 0.3 is 0 Å². The van der Waals surface area contributed by atoms with E-state index in [9.17, 15) is 15.0 Å². The maximum atomic E-state index is 12.1. The van der Waals surface area contributed by atoms with Gasteiger partial charge in [0.05, 0.1) is 12.2 Å². The number of carbonyl (C=O) groups excluding carboxylic acids is 1. The quantitative estimate of drug-likeness (QED) is 0.526. The van der Waals surface area contributed by atoms with E-state index in [0.29, 0.717) is 12.8 Å². The molecule has 5 heteroatoms. The summed E-state index contributed by atoms with van der Waals surface area (Å²) < 4.78 is 5.54. The van der Waals surface area contributed by atoms with Crippen LogP contribution in [0.4, 0.5) is 0 Å². The molecule has 3 rings (SSSR count). The maximum Gasteiger partial charge on any atom is 0.225 e. The SMILES string of the molecule is CC(CC(O)CCCCC1CCC(O)CC1)N1C(=O)CCC2OC21. The number of hydrogen-bond acceptors (Lipinski definition) is 4. The van der Waals surface area contributed by atoms with Crippen molar-refractivity contribution in [3.05, 3.63) is 0 Å². The maximum absolute atomic E-state index is 12.1. The highest BCUT2D eigenvalue weighted by atomic mass is 16.6. The number of fused-ring (bicyclic) bond motifs is 1. The molecule has 2 heterocycles. The Labute approximate surface area is 145 Å². The molecule has 0 radical (unpaired) electrons. The number of rotatable bonds is 8. The van der Waals surface area contributed by atoms with Crippen molar-refractivity contribution in [1.82, 2.24) is 4.90 Å². The van der Waals surface area contributed by atoms with Crippen molar-refractivity contribution >= 4 is 5.91 Å². The van der Waals surface area contributed by atoms with Crippen molar-refractivity contribution in [3.63, 3.8) is 0 Å². The van der Waals surface area contributed by atoms with Gasteiger partial charge in [-0.15, -0.1) is 0 Å². The second-order valence-corrected chi connectivity index (χ2v) is 8.10. The lowest BCUT2D eigenvalue weighted by Crippen LogP contribution is -2.45. The molecule has 0 spiro atoms. The third kappa shape index (κ3) is 4.70. The molecule has 4 atom stereocenters. The highest BCUT2D eigenvalue weighted by Gasteiger charge is 2.50. The van der Waals surface area contributed by atoms with Gasteiger partial charge in [-0.25, -0.2) is 0 Å². The first kappa shape index (κ1) is 18.2. The molecule has 2 aliphatic heterocycles. The van der Waals surface area contributed by atoms with Crippen LogP contribution in [0, 0.1) is 5.92 Å². The summed E-state index contributed by atoms with van der Waals surface area (Å²) in [6.07, 6.45) is 10.4. The summed E-state index contributed by atoms with van der Waals surface area (Å²) in [6, 6.07) is 0.0580. The minimum Gasteiger partial charge on any atom is -0.393 e. The van der Waals surface area contributed by atoms with Crippen LogP contribution in [0.15, 0.2) is 0 Å². The minimum absolute atomic E-state index is 0.0184. The lowest BCUT2D eigenvalue weighted by molar-refractivity contribution is -0.137. The zero-order chi connectivity index (χ0) is 17.1. The molecule has 1 saturated carbocycles. The van der Waals surface area contributed by atoms with E-state index in [1.165, 1.54) is 6.42 Å². The third-order valence-electron chi connectivity index (χ3n) is 6.06. The number of nitrogens with zero attached hydrogens (tertiary/aromatic N) is 1. The number of likely N-dealkylation sites (tertiary alicyclic amines) is 1. The van der Waals surface area contributed by atoms with Crippen molar-refractivity contribution in [1.29, 1.82) is 0 Å². The van der Waals surface area contributed by atoms with Crippen LogP contribution >= 0.6 is 0 Å². The fraction of sp³-hybridized carbons (Fsp3) is 0.947. The molecule has 138 valence electrons. The molecule has 3 aliphatic rings. The molecule has 1 amide bonds. The van der Waals surface area contributed by atoms with Gasteiger partial charge in [0, 0.05) is 12.5 Å². The van der Waals surface area contributed by atoms with Gasteiger partial charge in [0.15, 0.2) is 6.23 Å². The summed E-state index contributed by atoms with van der Waals surface area (Å²) in [5, 5.41) is 19.8. The first-order valence-corrected chi connectivity index (χ1v) is 9.87. The van der Waals surface area contributed by atoms with E-state index < -0.39 is 0 Å². The zero-order valence-corrected chi connectivity index (χ0v) is 14.9. The van der Waals surface area contributed by atoms with E-state index in [2.05, 4.69) is 0 Å². The predicted molar refractivity (Wildman–Crippen MR) is 91.3 cm³/mol. The number of aliphatic hydroxyl groups is 2. The highest BCUT2D eigenvalue weighted by Crippen LogP contribution is 2.37. The number of epoxide rings is 1. The fourth-order valence-corrected chi connectivity index (χ4v) is 4.49. The van der Waals surface area contributed by atoms with Crippen molar-refractivity contribution in [2.24, 2.45) is 5.92 Å². The first-order chi connectivity index (χ1) is 11.5. The molecule has 2 N–H and O–H groups in total. The molecule has 0 aromatic heterocycles. The van der Waals surface area contributed by atoms with Gasteiger partial charge in [0.1, 0.15) is 6.10 Å². The van der Waals surface area contributed by atoms with E-state index in [-0.39, 0.29) is 36.5 Å². The second-order valence-electron chi connectivity index (χ2n) is 8.10. The van der Waals surface area contributed by atoms with Crippen molar-refractivity contribution in [2.45, 2.75) is 108 Å². The van der Waals surface area contributed by atoms with Crippen LogP contribution in [0.2, 0.25) is 0 Å². The number of ether oxygens (including phenoxy) is 1. The molecule has 5 nitrogen and oxygen atoms in total. The Balaban J connectivity index is 1.29. The van der Waals surface area contributed by atoms with Crippen molar-refractivity contribution < 1.29 is 19.7 Å². The molecule has 2 saturated heterocycles. The highest BCUT2D eigenvalue weighted by molar-refractivity contribution is 5.78. The monoisotopic (exact) mass is 339 g/mol. The zero-order valence-electron chi connectivity index (χ0n) is 14.9. The van der Waals surface area contributed by atoms with E-state index in [1.54, 1.807) is 0 Å². The Kier molecular flexibility index (Phi) is 6.17. The Morgan fingerprint density at radius 2 is 1.96 bits per heavy atom. The lowest BCUT2D eigenvalue weighted by Gasteiger charge is -2.31. The van der Waals surface area contributed by atoms with Crippen LogP contribution in [-0.2, 0) is 9.53 Å². The van der Waals surface area contributed by atoms with Crippen molar-refractivity contribution in [3.8, 4) is 0 Å². The van der Waals surface area contributed by atoms with Crippen LogP contribution in [0.1, 0.15) is 77.6 Å². The standard InChI is InChI=1S/C19H33NO4/c1-13(20-18(23)11-10-17-19(20)24-17)12-16(22)5-3-2-4-14-6-8-15(21)9-7-14/h13-17,19,21-22H,2-12H2,1H3. The smallest absolute Gasteiger partial charge is 0.225 e. The summed E-state index contributed by atoms with van der Waals surface area (Å²) in [4.78, 5) is 13.9. The molecule has 4 unspecified atom stereocenters. The summed E-state index contributed by atoms with van der Waals surface area (Å²) in [5.74, 6) is 0.937. The lowest BCUT2D eigenvalue weighted by atomic mass is 9.84. The van der Waals surface area contributed by atoms with Gasteiger partial charge in [-0.3, -0.25) is 4.79 Å². The Bertz CT molecular complexity index is 422. The molecule has 0 aromatic carbocycles. The molecule has 24 heavy (non-hydrogen) atoms. The van der Waals surface area contributed by atoms with Gasteiger partial charge in [0.2, 0.25) is 5.91 Å². The van der Waals surface area contributed by atoms with E-state index in [4.69, 9.17) is 4.74 Å². The largest absolute Gasteiger partial charge is 0.393 e. The number of unbranched alkanes of at least 4 members (excludes halogenated alkanes) is 1. The number of carbonyl (C=O) groups is 1. The average molecular weight is 339 g/mol. The molecule has 0 aromatic rings. The van der Waals surface area contributed by atoms with Gasteiger partial charge in [0.25, 0.3) is 0 Å². The van der Waals surface area contributed by atoms with E-state index in [1.807, 2.05) is 11.8 Å². The first-order valence-electron chi connectivity index (χ1n) is 9.87. The fourth-order valence-electron chi connectivity index (χ4n) is 4.49. The van der Waals surface area contributed by atoms with Crippen LogP contribution in [0.3, 0.4) is 0 Å². The van der Waals surface area contributed by atoms with Gasteiger partial charge in [-0.1, -0.05) is 19.3 Å². The Hall–Kier alpha value is -0.650. The van der Waals surface area contributed by atoms with Crippen LogP contribution in [0.5, 0.6) is 0 Å². The van der Waals surface area contributed by atoms with E-state index in [0.717, 1.165) is 57.3 Å². The number of aliphatic hydroxyl groups excluding tert-OH is 2. The normalized spacial score (nSPS) is 35.5. The van der Waals surface area contributed by atoms with Crippen molar-refractivity contribution in [2.75, 3.05) is 0 Å². The summed E-state index contributed by atoms with van der Waals surface area (Å²) in [6.45, 7) is 2.03. The topological polar surface area (TPSA) is 73.3 Å². The minimum atomic E-state index is -0.333.